The molecule has 5 heteroatoms. The molecular formula is C20H18FN3O. The predicted octanol–water partition coefficient (Wildman–Crippen LogP) is 3.95. The minimum atomic E-state index is -0.281. The first-order valence-electron chi connectivity index (χ1n) is 7.86. The van der Waals surface area contributed by atoms with Crippen LogP contribution in [0.3, 0.4) is 0 Å². The van der Waals surface area contributed by atoms with Gasteiger partial charge in [0.25, 0.3) is 5.91 Å². The lowest BCUT2D eigenvalue weighted by atomic mass is 10.0. The zero-order valence-corrected chi connectivity index (χ0v) is 13.5. The molecule has 3 aromatic carbocycles. The highest BCUT2D eigenvalue weighted by Gasteiger charge is 2.10. The molecule has 4 nitrogen and oxygen atoms in total. The van der Waals surface area contributed by atoms with E-state index in [-0.39, 0.29) is 11.7 Å². The van der Waals surface area contributed by atoms with Crippen molar-refractivity contribution in [3.05, 3.63) is 95.3 Å². The van der Waals surface area contributed by atoms with E-state index in [4.69, 9.17) is 5.84 Å². The van der Waals surface area contributed by atoms with Gasteiger partial charge in [-0.25, -0.2) is 4.39 Å². The molecule has 0 unspecified atom stereocenters. The van der Waals surface area contributed by atoms with E-state index in [0.29, 0.717) is 12.0 Å². The number of anilines is 2. The maximum Gasteiger partial charge on any atom is 0.255 e. The molecular weight excluding hydrogens is 317 g/mol. The van der Waals surface area contributed by atoms with Crippen LogP contribution in [0.15, 0.2) is 72.8 Å². The van der Waals surface area contributed by atoms with Crippen molar-refractivity contribution in [3.63, 3.8) is 0 Å². The molecule has 25 heavy (non-hydrogen) atoms. The van der Waals surface area contributed by atoms with Crippen molar-refractivity contribution in [2.24, 2.45) is 5.84 Å². The molecule has 0 radical (unpaired) electrons. The summed E-state index contributed by atoms with van der Waals surface area (Å²) in [7, 11) is 0. The Kier molecular flexibility index (Phi) is 5.06. The molecule has 0 saturated heterocycles. The molecule has 126 valence electrons. The number of para-hydroxylation sites is 1. The molecule has 0 aliphatic heterocycles. The topological polar surface area (TPSA) is 67.1 Å². The summed E-state index contributed by atoms with van der Waals surface area (Å²) in [5.41, 5.74) is 6.40. The minimum absolute atomic E-state index is 0.199. The molecule has 0 fully saturated rings. The maximum atomic E-state index is 13.1. The van der Waals surface area contributed by atoms with Crippen LogP contribution in [0.1, 0.15) is 21.5 Å². The Morgan fingerprint density at radius 1 is 0.960 bits per heavy atom. The first-order chi connectivity index (χ1) is 12.2. The molecule has 0 aromatic heterocycles. The number of nitrogens with two attached hydrogens (primary N) is 1. The molecule has 0 heterocycles. The first-order valence-corrected chi connectivity index (χ1v) is 7.86. The highest BCUT2D eigenvalue weighted by Crippen LogP contribution is 2.21. The fourth-order valence-corrected chi connectivity index (χ4v) is 2.57. The van der Waals surface area contributed by atoms with Gasteiger partial charge in [0.05, 0.1) is 5.69 Å². The molecule has 3 aromatic rings. The van der Waals surface area contributed by atoms with Crippen molar-refractivity contribution >= 4 is 17.3 Å². The van der Waals surface area contributed by atoms with Crippen LogP contribution in [-0.2, 0) is 6.42 Å². The quantitative estimate of drug-likeness (QED) is 0.488. The van der Waals surface area contributed by atoms with Gasteiger partial charge in [0.15, 0.2) is 0 Å². The summed E-state index contributed by atoms with van der Waals surface area (Å²) < 4.78 is 13.1. The zero-order valence-electron chi connectivity index (χ0n) is 13.5. The van der Waals surface area contributed by atoms with E-state index in [2.05, 4.69) is 10.7 Å². The molecule has 4 N–H and O–H groups in total. The number of carbonyl (C=O) groups excluding carboxylic acids is 1. The summed E-state index contributed by atoms with van der Waals surface area (Å²) in [6.45, 7) is 0. The third kappa shape index (κ3) is 4.22. The van der Waals surface area contributed by atoms with Gasteiger partial charge in [-0.3, -0.25) is 10.6 Å². The lowest BCUT2D eigenvalue weighted by molar-refractivity contribution is 0.102. The number of hydrogen-bond donors (Lipinski definition) is 3. The van der Waals surface area contributed by atoms with Gasteiger partial charge < -0.3 is 10.7 Å². The molecule has 0 atom stereocenters. The summed E-state index contributed by atoms with van der Waals surface area (Å²) in [6, 6.07) is 20.8. The van der Waals surface area contributed by atoms with Crippen molar-refractivity contribution in [2.45, 2.75) is 6.42 Å². The van der Waals surface area contributed by atoms with Gasteiger partial charge in [0.1, 0.15) is 5.82 Å². The molecule has 3 rings (SSSR count). The molecule has 0 aliphatic rings. The second-order valence-electron chi connectivity index (χ2n) is 5.64. The Morgan fingerprint density at radius 2 is 1.68 bits per heavy atom. The Bertz CT molecular complexity index is 864. The number of carbonyl (C=O) groups is 1. The van der Waals surface area contributed by atoms with Gasteiger partial charge in [-0.2, -0.15) is 0 Å². The van der Waals surface area contributed by atoms with Crippen LogP contribution < -0.4 is 16.6 Å². The van der Waals surface area contributed by atoms with Crippen LogP contribution in [-0.4, -0.2) is 5.91 Å². The molecule has 0 spiro atoms. The lowest BCUT2D eigenvalue weighted by Crippen LogP contribution is -2.14. The highest BCUT2D eigenvalue weighted by molar-refractivity contribution is 6.04. The Morgan fingerprint density at radius 3 is 2.36 bits per heavy atom. The fourth-order valence-electron chi connectivity index (χ4n) is 2.57. The summed E-state index contributed by atoms with van der Waals surface area (Å²) in [6.07, 6.45) is 0.534. The van der Waals surface area contributed by atoms with E-state index < -0.39 is 0 Å². The first kappa shape index (κ1) is 16.7. The number of amides is 1. The van der Waals surface area contributed by atoms with Crippen LogP contribution in [0.25, 0.3) is 0 Å². The number of rotatable bonds is 5. The molecule has 0 bridgehead atoms. The van der Waals surface area contributed by atoms with Crippen LogP contribution in [0, 0.1) is 5.82 Å². The third-order valence-corrected chi connectivity index (χ3v) is 3.86. The average molecular weight is 335 g/mol. The second kappa shape index (κ2) is 7.59. The van der Waals surface area contributed by atoms with Crippen molar-refractivity contribution in [2.75, 3.05) is 10.7 Å². The lowest BCUT2D eigenvalue weighted by Gasteiger charge is -2.12. The van der Waals surface area contributed by atoms with Gasteiger partial charge in [0, 0.05) is 11.3 Å². The molecule has 0 saturated carbocycles. The number of hydrogen-bond acceptors (Lipinski definition) is 3. The van der Waals surface area contributed by atoms with Crippen LogP contribution in [0.4, 0.5) is 15.8 Å². The third-order valence-electron chi connectivity index (χ3n) is 3.86. The highest BCUT2D eigenvalue weighted by atomic mass is 19.1. The Balaban J connectivity index is 1.84. The number of nitrogens with one attached hydrogen (secondary N) is 2. The SMILES string of the molecule is NNc1ccc(C(=O)Nc2ccccc2)cc1Cc1ccc(F)cc1. The van der Waals surface area contributed by atoms with E-state index in [0.717, 1.165) is 22.5 Å². The van der Waals surface area contributed by atoms with Crippen molar-refractivity contribution < 1.29 is 9.18 Å². The van der Waals surface area contributed by atoms with E-state index >= 15 is 0 Å². The van der Waals surface area contributed by atoms with E-state index in [1.54, 1.807) is 30.3 Å². The van der Waals surface area contributed by atoms with Crippen molar-refractivity contribution in [1.82, 2.24) is 0 Å². The second-order valence-corrected chi connectivity index (χ2v) is 5.64. The van der Waals surface area contributed by atoms with Gasteiger partial charge in [-0.1, -0.05) is 30.3 Å². The monoisotopic (exact) mass is 335 g/mol. The Hall–Kier alpha value is -3.18. The van der Waals surface area contributed by atoms with Crippen molar-refractivity contribution in [1.29, 1.82) is 0 Å². The van der Waals surface area contributed by atoms with Crippen LogP contribution in [0.2, 0.25) is 0 Å². The zero-order chi connectivity index (χ0) is 17.6. The predicted molar refractivity (Wildman–Crippen MR) is 97.9 cm³/mol. The summed E-state index contributed by atoms with van der Waals surface area (Å²) in [5.74, 6) is 5.09. The largest absolute Gasteiger partial charge is 0.324 e. The van der Waals surface area contributed by atoms with Gasteiger partial charge in [-0.15, -0.1) is 0 Å². The normalized spacial score (nSPS) is 10.3. The van der Waals surface area contributed by atoms with Gasteiger partial charge in [-0.05, 0) is 60.0 Å². The summed E-state index contributed by atoms with van der Waals surface area (Å²) in [5, 5.41) is 2.85. The number of halogens is 1. The van der Waals surface area contributed by atoms with Crippen LogP contribution >= 0.6 is 0 Å². The average Bonchev–Trinajstić information content (AvgIpc) is 2.64. The van der Waals surface area contributed by atoms with Gasteiger partial charge in [0.2, 0.25) is 0 Å². The molecule has 0 aliphatic carbocycles. The van der Waals surface area contributed by atoms with Crippen molar-refractivity contribution in [3.8, 4) is 0 Å². The smallest absolute Gasteiger partial charge is 0.255 e. The standard InChI is InChI=1S/C20H18FN3O/c21-17-9-6-14(7-10-17)12-16-13-15(8-11-19(16)24-22)20(25)23-18-4-2-1-3-5-18/h1-11,13,24H,12,22H2,(H,23,25). The molecule has 1 amide bonds. The van der Waals surface area contributed by atoms with E-state index in [1.165, 1.54) is 12.1 Å². The number of nitrogen functional groups attached to an aromatic ring is 1. The van der Waals surface area contributed by atoms with Gasteiger partial charge >= 0.3 is 0 Å². The van der Waals surface area contributed by atoms with E-state index in [9.17, 15) is 9.18 Å². The number of hydrazine groups is 1. The number of benzene rings is 3. The minimum Gasteiger partial charge on any atom is -0.324 e. The Labute approximate surface area is 145 Å². The fraction of sp³-hybridized carbons (Fsp3) is 0.0500. The van der Waals surface area contributed by atoms with E-state index in [1.807, 2.05) is 30.3 Å². The maximum absolute atomic E-state index is 13.1. The van der Waals surface area contributed by atoms with Crippen LogP contribution in [0.5, 0.6) is 0 Å². The summed E-state index contributed by atoms with van der Waals surface area (Å²) in [4.78, 5) is 12.5. The summed E-state index contributed by atoms with van der Waals surface area (Å²) >= 11 is 0.